The lowest BCUT2D eigenvalue weighted by atomic mass is 10.2. The van der Waals surface area contributed by atoms with Crippen LogP contribution >= 0.6 is 11.6 Å². The molecule has 0 aliphatic heterocycles. The van der Waals surface area contributed by atoms with Crippen LogP contribution in [0.2, 0.25) is 5.02 Å². The second-order valence-electron chi connectivity index (χ2n) is 4.57. The van der Waals surface area contributed by atoms with Gasteiger partial charge in [-0.3, -0.25) is 4.79 Å². The molecule has 0 heterocycles. The Morgan fingerprint density at radius 1 is 1.29 bits per heavy atom. The van der Waals surface area contributed by atoms with Crippen LogP contribution in [0.3, 0.4) is 0 Å². The summed E-state index contributed by atoms with van der Waals surface area (Å²) in [5.74, 6) is -1.06. The second-order valence-corrected chi connectivity index (χ2v) is 5.01. The highest BCUT2D eigenvalue weighted by atomic mass is 35.5. The highest BCUT2D eigenvalue weighted by molar-refractivity contribution is 6.30. The Labute approximate surface area is 128 Å². The van der Waals surface area contributed by atoms with E-state index in [0.717, 1.165) is 5.56 Å². The van der Waals surface area contributed by atoms with E-state index < -0.39 is 5.97 Å². The van der Waals surface area contributed by atoms with Crippen LogP contribution in [0.25, 0.3) is 0 Å². The summed E-state index contributed by atoms with van der Waals surface area (Å²) in [4.78, 5) is 25.8. The molecule has 0 aromatic heterocycles. The summed E-state index contributed by atoms with van der Waals surface area (Å²) >= 11 is 5.81. The van der Waals surface area contributed by atoms with E-state index in [2.05, 4.69) is 0 Å². The zero-order valence-electron chi connectivity index (χ0n) is 12.1. The maximum Gasteiger partial charge on any atom is 0.323 e. The average molecular weight is 315 g/mol. The predicted octanol–water partition coefficient (Wildman–Crippen LogP) is 1.92. The number of aliphatic carboxylic acids is 1. The number of ether oxygens (including phenoxy) is 1. The third-order valence-corrected chi connectivity index (χ3v) is 3.07. The first-order valence-corrected chi connectivity index (χ1v) is 6.77. The average Bonchev–Trinajstić information content (AvgIpc) is 2.44. The van der Waals surface area contributed by atoms with Crippen molar-refractivity contribution < 1.29 is 19.4 Å². The molecule has 0 bridgehead atoms. The van der Waals surface area contributed by atoms with E-state index in [1.807, 2.05) is 12.1 Å². The lowest BCUT2D eigenvalue weighted by Gasteiger charge is -2.27. The highest BCUT2D eigenvalue weighted by Gasteiger charge is 2.20. The Morgan fingerprint density at radius 2 is 1.90 bits per heavy atom. The van der Waals surface area contributed by atoms with Gasteiger partial charge < -0.3 is 19.6 Å². The fourth-order valence-electron chi connectivity index (χ4n) is 1.78. The molecule has 0 aliphatic rings. The molecular weight excluding hydrogens is 296 g/mol. The van der Waals surface area contributed by atoms with Gasteiger partial charge in [-0.25, -0.2) is 4.79 Å². The largest absolute Gasteiger partial charge is 0.480 e. The van der Waals surface area contributed by atoms with Gasteiger partial charge >= 0.3 is 12.0 Å². The van der Waals surface area contributed by atoms with Crippen molar-refractivity contribution in [3.05, 3.63) is 34.9 Å². The smallest absolute Gasteiger partial charge is 0.323 e. The number of nitrogens with zero attached hydrogens (tertiary/aromatic N) is 2. The van der Waals surface area contributed by atoms with E-state index in [-0.39, 0.29) is 25.7 Å². The molecule has 2 amide bonds. The van der Waals surface area contributed by atoms with Gasteiger partial charge in [-0.2, -0.15) is 0 Å². The summed E-state index contributed by atoms with van der Waals surface area (Å²) in [5, 5.41) is 9.49. The fourth-order valence-corrected chi connectivity index (χ4v) is 1.91. The minimum atomic E-state index is -1.06. The first-order chi connectivity index (χ1) is 9.93. The number of carboxylic acids is 1. The van der Waals surface area contributed by atoms with Gasteiger partial charge in [-0.05, 0) is 17.7 Å². The number of amides is 2. The number of carbonyl (C=O) groups excluding carboxylic acids is 1. The van der Waals surface area contributed by atoms with Crippen molar-refractivity contribution >= 4 is 23.6 Å². The Balaban J connectivity index is 2.67. The van der Waals surface area contributed by atoms with E-state index in [4.69, 9.17) is 21.4 Å². The number of hydrogen-bond acceptors (Lipinski definition) is 3. The molecule has 1 aromatic rings. The third kappa shape index (κ3) is 6.01. The molecule has 0 fully saturated rings. The lowest BCUT2D eigenvalue weighted by Crippen LogP contribution is -2.44. The maximum atomic E-state index is 12.3. The molecule has 116 valence electrons. The Morgan fingerprint density at radius 3 is 2.43 bits per heavy atom. The molecular formula is C14H19ClN2O4. The number of benzene rings is 1. The van der Waals surface area contributed by atoms with Gasteiger partial charge in [0.2, 0.25) is 0 Å². The minimum absolute atomic E-state index is 0.229. The summed E-state index contributed by atoms with van der Waals surface area (Å²) in [7, 11) is 3.12. The quantitative estimate of drug-likeness (QED) is 0.835. The Kier molecular flexibility index (Phi) is 6.98. The second kappa shape index (κ2) is 8.49. The first kappa shape index (κ1) is 17.3. The molecule has 1 N–H and O–H groups in total. The van der Waals surface area contributed by atoms with Crippen LogP contribution in [0, 0.1) is 0 Å². The van der Waals surface area contributed by atoms with Gasteiger partial charge in [-0.15, -0.1) is 0 Å². The van der Waals surface area contributed by atoms with Gasteiger partial charge in [0.15, 0.2) is 0 Å². The third-order valence-electron chi connectivity index (χ3n) is 2.82. The summed E-state index contributed by atoms with van der Waals surface area (Å²) in [6.07, 6.45) is 0. The molecule has 0 unspecified atom stereocenters. The standard InChI is InChI=1S/C14H19ClN2O4/c1-16(9-11-3-5-12(15)6-4-11)14(20)17(7-8-21-2)10-13(18)19/h3-6H,7-10H2,1-2H3,(H,18,19). The number of carboxylic acid groups (broad SMARTS) is 1. The van der Waals surface area contributed by atoms with Gasteiger partial charge in [-0.1, -0.05) is 23.7 Å². The number of hydrogen-bond donors (Lipinski definition) is 1. The van der Waals surface area contributed by atoms with Crippen LogP contribution in [-0.2, 0) is 16.1 Å². The molecule has 6 nitrogen and oxygen atoms in total. The van der Waals surface area contributed by atoms with Crippen molar-refractivity contribution in [3.8, 4) is 0 Å². The lowest BCUT2D eigenvalue weighted by molar-refractivity contribution is -0.137. The summed E-state index contributed by atoms with van der Waals surface area (Å²) in [6, 6.07) is 6.78. The number of halogens is 1. The number of methoxy groups -OCH3 is 1. The van der Waals surface area contributed by atoms with E-state index in [0.29, 0.717) is 11.6 Å². The highest BCUT2D eigenvalue weighted by Crippen LogP contribution is 2.11. The molecule has 21 heavy (non-hydrogen) atoms. The van der Waals surface area contributed by atoms with Gasteiger partial charge in [0.1, 0.15) is 6.54 Å². The molecule has 0 atom stereocenters. The SMILES string of the molecule is COCCN(CC(=O)O)C(=O)N(C)Cc1ccc(Cl)cc1. The molecule has 0 spiro atoms. The predicted molar refractivity (Wildman–Crippen MR) is 79.4 cm³/mol. The van der Waals surface area contributed by atoms with Crippen LogP contribution in [0.4, 0.5) is 4.79 Å². The number of urea groups is 1. The fraction of sp³-hybridized carbons (Fsp3) is 0.429. The Bertz CT molecular complexity index is 478. The van der Waals surface area contributed by atoms with Crippen molar-refractivity contribution in [3.63, 3.8) is 0 Å². The van der Waals surface area contributed by atoms with Crippen LogP contribution in [0.1, 0.15) is 5.56 Å². The normalized spacial score (nSPS) is 10.2. The molecule has 0 aliphatic carbocycles. The molecule has 1 rings (SSSR count). The summed E-state index contributed by atoms with van der Waals surface area (Å²) in [6.45, 7) is 0.534. The van der Waals surface area contributed by atoms with Crippen LogP contribution in [-0.4, -0.2) is 60.8 Å². The molecule has 1 aromatic carbocycles. The van der Waals surface area contributed by atoms with Crippen LogP contribution < -0.4 is 0 Å². The van der Waals surface area contributed by atoms with Crippen molar-refractivity contribution in [1.29, 1.82) is 0 Å². The van der Waals surface area contributed by atoms with Crippen molar-refractivity contribution in [2.24, 2.45) is 0 Å². The van der Waals surface area contributed by atoms with Gasteiger partial charge in [0, 0.05) is 32.3 Å². The van der Waals surface area contributed by atoms with Gasteiger partial charge in [0.25, 0.3) is 0 Å². The topological polar surface area (TPSA) is 70.1 Å². The zero-order valence-corrected chi connectivity index (χ0v) is 12.8. The van der Waals surface area contributed by atoms with E-state index in [1.54, 1.807) is 19.2 Å². The van der Waals surface area contributed by atoms with E-state index in [1.165, 1.54) is 16.9 Å². The Hall–Kier alpha value is -1.79. The van der Waals surface area contributed by atoms with E-state index in [9.17, 15) is 9.59 Å². The number of carbonyl (C=O) groups is 2. The minimum Gasteiger partial charge on any atom is -0.480 e. The monoisotopic (exact) mass is 314 g/mol. The number of rotatable bonds is 7. The van der Waals surface area contributed by atoms with E-state index >= 15 is 0 Å². The molecule has 0 saturated carbocycles. The summed E-state index contributed by atoms with van der Waals surface area (Å²) < 4.78 is 4.90. The van der Waals surface area contributed by atoms with Gasteiger partial charge in [0.05, 0.1) is 6.61 Å². The van der Waals surface area contributed by atoms with Crippen molar-refractivity contribution in [2.45, 2.75) is 6.54 Å². The molecule has 7 heteroatoms. The van der Waals surface area contributed by atoms with Crippen molar-refractivity contribution in [2.75, 3.05) is 33.9 Å². The van der Waals surface area contributed by atoms with Crippen LogP contribution in [0.15, 0.2) is 24.3 Å². The summed E-state index contributed by atoms with van der Waals surface area (Å²) in [5.41, 5.74) is 0.914. The zero-order chi connectivity index (χ0) is 15.8. The van der Waals surface area contributed by atoms with Crippen molar-refractivity contribution in [1.82, 2.24) is 9.80 Å². The molecule has 0 radical (unpaired) electrons. The molecule has 0 saturated heterocycles. The van der Waals surface area contributed by atoms with Crippen LogP contribution in [0.5, 0.6) is 0 Å². The maximum absolute atomic E-state index is 12.3. The first-order valence-electron chi connectivity index (χ1n) is 6.39.